The molecule has 0 aliphatic carbocycles. The van der Waals surface area contributed by atoms with Crippen molar-refractivity contribution in [2.24, 2.45) is 9.98 Å². The first-order valence-electron chi connectivity index (χ1n) is 15.5. The number of ether oxygens (including phenoxy) is 2. The van der Waals surface area contributed by atoms with E-state index in [2.05, 4.69) is 48.1 Å². The minimum absolute atomic E-state index is 0.777. The molecule has 0 saturated carbocycles. The summed E-state index contributed by atoms with van der Waals surface area (Å²) in [5, 5.41) is 0. The molecule has 0 aliphatic heterocycles. The van der Waals surface area contributed by atoms with Crippen LogP contribution < -0.4 is 9.47 Å². The van der Waals surface area contributed by atoms with E-state index in [0.29, 0.717) is 0 Å². The molecule has 0 amide bonds. The standard InChI is InChI=1S/C38H44N2O2/c1-3-5-7-9-27-41-37-23-11-31(12-24-37)29-39-35-19-15-33(16-20-35)34-17-21-36(22-18-34)40-30-32-13-25-38(26-14-32)42-28-10-8-6-4-2/h11-26,29-30H,3-10,27-28H2,1-2H3/b39-29-,40-30-. The summed E-state index contributed by atoms with van der Waals surface area (Å²) in [6.07, 6.45) is 13.5. The third kappa shape index (κ3) is 10.7. The highest BCUT2D eigenvalue weighted by Crippen LogP contribution is 2.25. The summed E-state index contributed by atoms with van der Waals surface area (Å²) in [6.45, 7) is 6.00. The van der Waals surface area contributed by atoms with E-state index in [1.165, 1.54) is 38.5 Å². The summed E-state index contributed by atoms with van der Waals surface area (Å²) in [6, 6.07) is 32.8. The Hall–Kier alpha value is -4.18. The highest BCUT2D eigenvalue weighted by Gasteiger charge is 2.00. The zero-order valence-electron chi connectivity index (χ0n) is 25.2. The minimum atomic E-state index is 0.777. The number of rotatable bonds is 17. The lowest BCUT2D eigenvalue weighted by atomic mass is 10.1. The number of benzene rings is 4. The van der Waals surface area contributed by atoms with Gasteiger partial charge in [-0.15, -0.1) is 0 Å². The van der Waals surface area contributed by atoms with Gasteiger partial charge < -0.3 is 9.47 Å². The fraction of sp³-hybridized carbons (Fsp3) is 0.316. The molecular weight excluding hydrogens is 516 g/mol. The summed E-state index contributed by atoms with van der Waals surface area (Å²) >= 11 is 0. The Morgan fingerprint density at radius 1 is 0.452 bits per heavy atom. The molecule has 0 aromatic heterocycles. The lowest BCUT2D eigenvalue weighted by Gasteiger charge is -2.06. The minimum Gasteiger partial charge on any atom is -0.494 e. The zero-order valence-corrected chi connectivity index (χ0v) is 25.2. The second-order valence-corrected chi connectivity index (χ2v) is 10.6. The second-order valence-electron chi connectivity index (χ2n) is 10.6. The van der Waals surface area contributed by atoms with Crippen molar-refractivity contribution in [1.29, 1.82) is 0 Å². The van der Waals surface area contributed by atoms with Crippen molar-refractivity contribution in [2.75, 3.05) is 13.2 Å². The van der Waals surface area contributed by atoms with Crippen molar-refractivity contribution < 1.29 is 9.47 Å². The van der Waals surface area contributed by atoms with Crippen LogP contribution in [0.4, 0.5) is 11.4 Å². The molecule has 42 heavy (non-hydrogen) atoms. The molecule has 0 aliphatic rings. The lowest BCUT2D eigenvalue weighted by molar-refractivity contribution is 0.305. The maximum atomic E-state index is 5.83. The van der Waals surface area contributed by atoms with Crippen LogP contribution in [0.1, 0.15) is 76.3 Å². The molecule has 4 rings (SSSR count). The molecular formula is C38H44N2O2. The van der Waals surface area contributed by atoms with E-state index >= 15 is 0 Å². The predicted octanol–water partition coefficient (Wildman–Crippen LogP) is 10.8. The van der Waals surface area contributed by atoms with Crippen molar-refractivity contribution in [3.63, 3.8) is 0 Å². The summed E-state index contributed by atoms with van der Waals surface area (Å²) < 4.78 is 11.7. The molecule has 0 unspecified atom stereocenters. The normalized spacial score (nSPS) is 11.4. The van der Waals surface area contributed by atoms with Crippen LogP contribution >= 0.6 is 0 Å². The van der Waals surface area contributed by atoms with Crippen molar-refractivity contribution >= 4 is 23.8 Å². The first-order valence-corrected chi connectivity index (χ1v) is 15.5. The van der Waals surface area contributed by atoms with Gasteiger partial charge in [0.15, 0.2) is 0 Å². The SMILES string of the molecule is CCCCCCOc1ccc(/C=N\c2ccc(-c3ccc(/N=C\c4ccc(OCCCCCC)cc4)cc3)cc2)cc1. The highest BCUT2D eigenvalue weighted by molar-refractivity contribution is 5.83. The molecule has 4 aromatic rings. The highest BCUT2D eigenvalue weighted by atomic mass is 16.5. The van der Waals surface area contributed by atoms with Crippen molar-refractivity contribution in [1.82, 2.24) is 0 Å². The summed E-state index contributed by atoms with van der Waals surface area (Å²) in [4.78, 5) is 9.28. The Morgan fingerprint density at radius 3 is 1.19 bits per heavy atom. The molecule has 0 saturated heterocycles. The van der Waals surface area contributed by atoms with Gasteiger partial charge >= 0.3 is 0 Å². The fourth-order valence-corrected chi connectivity index (χ4v) is 4.52. The van der Waals surface area contributed by atoms with Gasteiger partial charge in [-0.25, -0.2) is 0 Å². The molecule has 0 N–H and O–H groups in total. The molecule has 0 radical (unpaired) electrons. The van der Waals surface area contributed by atoms with Crippen LogP contribution in [0.2, 0.25) is 0 Å². The van der Waals surface area contributed by atoms with Gasteiger partial charge in [-0.05, 0) is 108 Å². The Labute approximate surface area is 252 Å². The monoisotopic (exact) mass is 560 g/mol. The number of hydrogen-bond donors (Lipinski definition) is 0. The van der Waals surface area contributed by atoms with Crippen LogP contribution in [0.3, 0.4) is 0 Å². The average molecular weight is 561 g/mol. The van der Waals surface area contributed by atoms with E-state index in [4.69, 9.17) is 9.47 Å². The van der Waals surface area contributed by atoms with E-state index in [0.717, 1.165) is 71.2 Å². The maximum Gasteiger partial charge on any atom is 0.119 e. The van der Waals surface area contributed by atoms with E-state index in [9.17, 15) is 0 Å². The van der Waals surface area contributed by atoms with Crippen molar-refractivity contribution in [3.05, 3.63) is 108 Å². The van der Waals surface area contributed by atoms with E-state index in [1.807, 2.05) is 85.2 Å². The largest absolute Gasteiger partial charge is 0.494 e. The van der Waals surface area contributed by atoms with Crippen molar-refractivity contribution in [2.45, 2.75) is 65.2 Å². The van der Waals surface area contributed by atoms with Crippen LogP contribution in [0.15, 0.2) is 107 Å². The molecule has 0 heterocycles. The van der Waals surface area contributed by atoms with E-state index < -0.39 is 0 Å². The average Bonchev–Trinajstić information content (AvgIpc) is 3.04. The van der Waals surface area contributed by atoms with Crippen LogP contribution in [-0.2, 0) is 0 Å². The van der Waals surface area contributed by atoms with Gasteiger partial charge in [-0.2, -0.15) is 0 Å². The third-order valence-corrected chi connectivity index (χ3v) is 7.09. The Bertz CT molecular complexity index is 1250. The molecule has 4 heteroatoms. The van der Waals surface area contributed by atoms with Gasteiger partial charge in [0.2, 0.25) is 0 Å². The third-order valence-electron chi connectivity index (χ3n) is 7.09. The number of unbranched alkanes of at least 4 members (excludes halogenated alkanes) is 6. The van der Waals surface area contributed by atoms with E-state index in [-0.39, 0.29) is 0 Å². The molecule has 0 atom stereocenters. The van der Waals surface area contributed by atoms with Gasteiger partial charge in [0.1, 0.15) is 11.5 Å². The van der Waals surface area contributed by atoms with E-state index in [1.54, 1.807) is 0 Å². The van der Waals surface area contributed by atoms with Gasteiger partial charge in [-0.3, -0.25) is 9.98 Å². The predicted molar refractivity (Wildman–Crippen MR) is 179 cm³/mol. The first kappa shape index (κ1) is 30.8. The molecule has 4 nitrogen and oxygen atoms in total. The summed E-state index contributed by atoms with van der Waals surface area (Å²) in [5.74, 6) is 1.83. The molecule has 218 valence electrons. The van der Waals surface area contributed by atoms with Crippen LogP contribution in [0, 0.1) is 0 Å². The van der Waals surface area contributed by atoms with Gasteiger partial charge in [0.05, 0.1) is 24.6 Å². The number of aliphatic imine (C=N–C) groups is 2. The molecule has 4 aromatic carbocycles. The number of nitrogens with zero attached hydrogens (tertiary/aromatic N) is 2. The molecule has 0 bridgehead atoms. The maximum absolute atomic E-state index is 5.83. The van der Waals surface area contributed by atoms with Crippen LogP contribution in [0.25, 0.3) is 11.1 Å². The summed E-state index contributed by atoms with van der Waals surface area (Å²) in [5.41, 5.74) is 6.24. The summed E-state index contributed by atoms with van der Waals surface area (Å²) in [7, 11) is 0. The lowest BCUT2D eigenvalue weighted by Crippen LogP contribution is -1.97. The Morgan fingerprint density at radius 2 is 0.833 bits per heavy atom. The first-order chi connectivity index (χ1) is 20.7. The molecule has 0 spiro atoms. The zero-order chi connectivity index (χ0) is 29.2. The fourth-order valence-electron chi connectivity index (χ4n) is 4.52. The smallest absolute Gasteiger partial charge is 0.119 e. The second kappa shape index (κ2) is 17.6. The van der Waals surface area contributed by atoms with Crippen molar-refractivity contribution in [3.8, 4) is 22.6 Å². The number of hydrogen-bond acceptors (Lipinski definition) is 4. The topological polar surface area (TPSA) is 43.2 Å². The molecule has 0 fully saturated rings. The van der Waals surface area contributed by atoms with Gasteiger partial charge in [0, 0.05) is 12.4 Å². The van der Waals surface area contributed by atoms with Gasteiger partial charge in [0.25, 0.3) is 0 Å². The Kier molecular flexibility index (Phi) is 12.9. The van der Waals surface area contributed by atoms with Crippen LogP contribution in [-0.4, -0.2) is 25.6 Å². The van der Waals surface area contributed by atoms with Crippen LogP contribution in [0.5, 0.6) is 11.5 Å². The quantitative estimate of drug-likeness (QED) is 0.0952. The van der Waals surface area contributed by atoms with Gasteiger partial charge in [-0.1, -0.05) is 76.6 Å². The Balaban J connectivity index is 1.24.